The van der Waals surface area contributed by atoms with Crippen LogP contribution in [0, 0.1) is 5.92 Å². The first kappa shape index (κ1) is 24.1. The van der Waals surface area contributed by atoms with E-state index in [1.54, 1.807) is 4.90 Å². The molecule has 3 aromatic rings. The van der Waals surface area contributed by atoms with E-state index < -0.39 is 24.0 Å². The van der Waals surface area contributed by atoms with Crippen LogP contribution in [0.2, 0.25) is 0 Å². The van der Waals surface area contributed by atoms with Crippen molar-refractivity contribution in [1.29, 1.82) is 0 Å². The van der Waals surface area contributed by atoms with Crippen LogP contribution < -0.4 is 4.90 Å². The molecule has 5 heteroatoms. The van der Waals surface area contributed by atoms with Crippen molar-refractivity contribution in [3.63, 3.8) is 0 Å². The summed E-state index contributed by atoms with van der Waals surface area (Å²) in [7, 11) is 0. The van der Waals surface area contributed by atoms with Crippen LogP contribution in [0.3, 0.4) is 0 Å². The van der Waals surface area contributed by atoms with Crippen molar-refractivity contribution < 1.29 is 18.4 Å². The molecular weight excluding hydrogens is 432 g/mol. The molecule has 1 fully saturated rings. The van der Waals surface area contributed by atoms with Crippen LogP contribution >= 0.6 is 0 Å². The third kappa shape index (κ3) is 5.69. The van der Waals surface area contributed by atoms with E-state index in [1.165, 1.54) is 12.0 Å². The zero-order valence-electron chi connectivity index (χ0n) is 19.6. The SMILES string of the molecule is CCCCCc1ccc(N(C[C@H]2CC(=O)C(F)(F)C2)C(=O)Cc2ccc3ccccc3c2)cc1. The minimum Gasteiger partial charge on any atom is -0.312 e. The summed E-state index contributed by atoms with van der Waals surface area (Å²) >= 11 is 0. The largest absolute Gasteiger partial charge is 0.312 e. The van der Waals surface area contributed by atoms with E-state index in [0.29, 0.717) is 5.69 Å². The molecule has 1 amide bonds. The average molecular weight is 464 g/mol. The lowest BCUT2D eigenvalue weighted by Crippen LogP contribution is -2.36. The molecule has 0 bridgehead atoms. The van der Waals surface area contributed by atoms with Crippen molar-refractivity contribution in [2.75, 3.05) is 11.4 Å². The molecule has 178 valence electrons. The lowest BCUT2D eigenvalue weighted by Gasteiger charge is -2.26. The van der Waals surface area contributed by atoms with Gasteiger partial charge in [-0.1, -0.05) is 74.4 Å². The van der Waals surface area contributed by atoms with Crippen LogP contribution in [0.1, 0.15) is 50.2 Å². The number of alkyl halides is 2. The van der Waals surface area contributed by atoms with Gasteiger partial charge in [0.25, 0.3) is 0 Å². The molecule has 0 radical (unpaired) electrons. The molecule has 0 heterocycles. The number of halogens is 2. The number of aryl methyl sites for hydroxylation is 1. The van der Waals surface area contributed by atoms with Gasteiger partial charge >= 0.3 is 5.92 Å². The molecule has 3 nitrogen and oxygen atoms in total. The second kappa shape index (κ2) is 10.5. The smallest absolute Gasteiger partial charge is 0.305 e. The number of carbonyl (C=O) groups is 2. The summed E-state index contributed by atoms with van der Waals surface area (Å²) in [6, 6.07) is 21.7. The lowest BCUT2D eigenvalue weighted by atomic mass is 10.0. The highest BCUT2D eigenvalue weighted by Crippen LogP contribution is 2.37. The van der Waals surface area contributed by atoms with E-state index in [0.717, 1.165) is 35.6 Å². The first-order chi connectivity index (χ1) is 16.4. The summed E-state index contributed by atoms with van der Waals surface area (Å²) < 4.78 is 27.8. The number of fused-ring (bicyclic) bond motifs is 1. The maximum Gasteiger partial charge on any atom is 0.305 e. The van der Waals surface area contributed by atoms with E-state index in [4.69, 9.17) is 0 Å². The molecule has 0 spiro atoms. The van der Waals surface area contributed by atoms with Gasteiger partial charge in [0.05, 0.1) is 6.42 Å². The zero-order valence-corrected chi connectivity index (χ0v) is 19.6. The van der Waals surface area contributed by atoms with Gasteiger partial charge in [-0.05, 0) is 52.8 Å². The molecular formula is C29H31F2NO2. The van der Waals surface area contributed by atoms with Crippen LogP contribution in [-0.4, -0.2) is 24.2 Å². The molecule has 1 saturated carbocycles. The molecule has 34 heavy (non-hydrogen) atoms. The lowest BCUT2D eigenvalue weighted by molar-refractivity contribution is -0.138. The number of carbonyl (C=O) groups excluding carboxylic acids is 2. The van der Waals surface area contributed by atoms with Crippen LogP contribution in [0.4, 0.5) is 14.5 Å². The second-order valence-corrected chi connectivity index (χ2v) is 9.39. The first-order valence-corrected chi connectivity index (χ1v) is 12.1. The topological polar surface area (TPSA) is 37.4 Å². The Hall–Kier alpha value is -3.08. The average Bonchev–Trinajstić information content (AvgIpc) is 3.09. The summed E-state index contributed by atoms with van der Waals surface area (Å²) in [5.41, 5.74) is 2.76. The molecule has 0 unspecified atom stereocenters. The van der Waals surface area contributed by atoms with E-state index in [9.17, 15) is 18.4 Å². The number of Topliss-reactive ketones (excluding diaryl/α,β-unsaturated/α-hetero) is 1. The fourth-order valence-corrected chi connectivity index (χ4v) is 4.74. The van der Waals surface area contributed by atoms with Crippen LogP contribution in [0.15, 0.2) is 66.7 Å². The molecule has 0 N–H and O–H groups in total. The summed E-state index contributed by atoms with van der Waals surface area (Å²) in [4.78, 5) is 26.7. The van der Waals surface area contributed by atoms with Crippen LogP contribution in [-0.2, 0) is 22.4 Å². The third-order valence-electron chi connectivity index (χ3n) is 6.66. The Morgan fingerprint density at radius 2 is 1.68 bits per heavy atom. The van der Waals surface area contributed by atoms with Crippen molar-refractivity contribution in [2.24, 2.45) is 5.92 Å². The Bertz CT molecular complexity index is 1160. The van der Waals surface area contributed by atoms with Crippen LogP contribution in [0.25, 0.3) is 10.8 Å². The number of unbranched alkanes of at least 4 members (excludes halogenated alkanes) is 2. The Morgan fingerprint density at radius 3 is 2.35 bits per heavy atom. The normalized spacial score (nSPS) is 17.3. The van der Waals surface area contributed by atoms with Gasteiger partial charge in [-0.3, -0.25) is 9.59 Å². The Balaban J connectivity index is 1.54. The molecule has 0 aliphatic heterocycles. The van der Waals surface area contributed by atoms with Gasteiger partial charge in [-0.25, -0.2) is 0 Å². The number of benzene rings is 3. The predicted molar refractivity (Wildman–Crippen MR) is 132 cm³/mol. The number of rotatable bonds is 9. The highest BCUT2D eigenvalue weighted by molar-refractivity contribution is 5.96. The number of hydrogen-bond donors (Lipinski definition) is 0. The minimum absolute atomic E-state index is 0.114. The number of anilines is 1. The molecule has 0 aromatic heterocycles. The molecule has 0 saturated heterocycles. The first-order valence-electron chi connectivity index (χ1n) is 12.1. The fraction of sp³-hybridized carbons (Fsp3) is 0.379. The van der Waals surface area contributed by atoms with Crippen molar-refractivity contribution in [2.45, 2.75) is 57.8 Å². The van der Waals surface area contributed by atoms with E-state index >= 15 is 0 Å². The summed E-state index contributed by atoms with van der Waals surface area (Å²) in [6.45, 7) is 2.28. The third-order valence-corrected chi connectivity index (χ3v) is 6.66. The monoisotopic (exact) mass is 463 g/mol. The van der Waals surface area contributed by atoms with E-state index in [2.05, 4.69) is 6.92 Å². The molecule has 4 rings (SSSR count). The predicted octanol–water partition coefficient (Wildman–Crippen LogP) is 6.76. The maximum absolute atomic E-state index is 13.9. The highest BCUT2D eigenvalue weighted by atomic mass is 19.3. The number of hydrogen-bond acceptors (Lipinski definition) is 2. The summed E-state index contributed by atoms with van der Waals surface area (Å²) in [6.07, 6.45) is 3.88. The highest BCUT2D eigenvalue weighted by Gasteiger charge is 2.48. The Labute approximate surface area is 199 Å². The van der Waals surface area contributed by atoms with Crippen molar-refractivity contribution >= 4 is 28.2 Å². The molecule has 1 aliphatic carbocycles. The number of amides is 1. The second-order valence-electron chi connectivity index (χ2n) is 9.39. The molecule has 1 atom stereocenters. The summed E-state index contributed by atoms with van der Waals surface area (Å²) in [5, 5.41) is 2.15. The minimum atomic E-state index is -3.29. The number of ketones is 1. The van der Waals surface area contributed by atoms with Gasteiger partial charge in [-0.15, -0.1) is 0 Å². The van der Waals surface area contributed by atoms with Crippen LogP contribution in [0.5, 0.6) is 0 Å². The van der Waals surface area contributed by atoms with Gasteiger partial charge in [0.2, 0.25) is 11.7 Å². The van der Waals surface area contributed by atoms with Gasteiger partial charge in [-0.2, -0.15) is 8.78 Å². The van der Waals surface area contributed by atoms with Crippen molar-refractivity contribution in [1.82, 2.24) is 0 Å². The van der Waals surface area contributed by atoms with Crippen molar-refractivity contribution in [3.8, 4) is 0 Å². The summed E-state index contributed by atoms with van der Waals surface area (Å²) in [5.74, 6) is -5.02. The van der Waals surface area contributed by atoms with E-state index in [1.807, 2.05) is 66.7 Å². The maximum atomic E-state index is 13.9. The van der Waals surface area contributed by atoms with Gasteiger partial charge < -0.3 is 4.90 Å². The quantitative estimate of drug-likeness (QED) is 0.329. The molecule has 1 aliphatic rings. The Morgan fingerprint density at radius 1 is 0.971 bits per heavy atom. The van der Waals surface area contributed by atoms with E-state index in [-0.39, 0.29) is 25.3 Å². The molecule has 3 aromatic carbocycles. The Kier molecular flexibility index (Phi) is 7.40. The van der Waals surface area contributed by atoms with Gasteiger partial charge in [0.1, 0.15) is 0 Å². The zero-order chi connectivity index (χ0) is 24.1. The van der Waals surface area contributed by atoms with Gasteiger partial charge in [0, 0.05) is 25.1 Å². The number of nitrogens with zero attached hydrogens (tertiary/aromatic N) is 1. The fourth-order valence-electron chi connectivity index (χ4n) is 4.74. The van der Waals surface area contributed by atoms with Gasteiger partial charge in [0.15, 0.2) is 0 Å². The standard InChI is InChI=1S/C29H31F2NO2/c1-2-3-4-7-21-11-14-26(15-12-21)32(20-23-17-27(33)29(30,31)19-23)28(34)18-22-10-13-24-8-5-6-9-25(24)16-22/h5-6,8-16,23H,2-4,7,17-20H2,1H3/t23-/m0/s1. The van der Waals surface area contributed by atoms with Crippen molar-refractivity contribution in [3.05, 3.63) is 77.9 Å².